The van der Waals surface area contributed by atoms with Gasteiger partial charge in [0.1, 0.15) is 11.6 Å². The molecule has 1 fully saturated rings. The third-order valence-electron chi connectivity index (χ3n) is 4.84. The van der Waals surface area contributed by atoms with Gasteiger partial charge in [-0.05, 0) is 31.9 Å². The molecule has 1 heterocycles. The van der Waals surface area contributed by atoms with Gasteiger partial charge in [0.05, 0.1) is 12.6 Å². The third-order valence-corrected chi connectivity index (χ3v) is 4.84. The Morgan fingerprint density at radius 2 is 1.61 bits per heavy atom. The number of likely N-dealkylation sites (tertiary alicyclic amines) is 1. The number of benzene rings is 2. The minimum Gasteiger partial charge on any atom is -0.456 e. The number of β-amino-alcohol motifs (C(OH)–C–C–N with tert-alkyl or cyclic N) is 1. The fourth-order valence-corrected chi connectivity index (χ4v) is 3.35. The number of nitrogens with zero attached hydrogens (tertiary/aromatic N) is 1. The SMILES string of the molecule is CC(C)(C)OC(=O)N1C[C@@H](O)C[C@@H]1C(=O)OCC(=O)c1ccc(-c2ccccc2)cc1. The Balaban J connectivity index is 1.59. The molecule has 7 nitrogen and oxygen atoms in total. The summed E-state index contributed by atoms with van der Waals surface area (Å²) in [5.74, 6) is -1.09. The average Bonchev–Trinajstić information content (AvgIpc) is 3.13. The number of hydrogen-bond donors (Lipinski definition) is 1. The molecule has 1 aliphatic rings. The summed E-state index contributed by atoms with van der Waals surface area (Å²) >= 11 is 0. The van der Waals surface area contributed by atoms with Gasteiger partial charge in [-0.2, -0.15) is 0 Å². The normalized spacial score (nSPS) is 18.5. The molecule has 0 spiro atoms. The Labute approximate surface area is 181 Å². The van der Waals surface area contributed by atoms with Gasteiger partial charge in [0.2, 0.25) is 0 Å². The van der Waals surface area contributed by atoms with Gasteiger partial charge < -0.3 is 14.6 Å². The topological polar surface area (TPSA) is 93.1 Å². The number of rotatable bonds is 5. The molecule has 2 aromatic carbocycles. The molecule has 0 aliphatic carbocycles. The van der Waals surface area contributed by atoms with Crippen LogP contribution in [0.1, 0.15) is 37.6 Å². The van der Waals surface area contributed by atoms with Crippen molar-refractivity contribution >= 4 is 17.8 Å². The van der Waals surface area contributed by atoms with Crippen molar-refractivity contribution in [2.75, 3.05) is 13.2 Å². The van der Waals surface area contributed by atoms with Crippen molar-refractivity contribution in [3.63, 3.8) is 0 Å². The van der Waals surface area contributed by atoms with Gasteiger partial charge in [0, 0.05) is 12.0 Å². The molecular formula is C24H27NO6. The largest absolute Gasteiger partial charge is 0.456 e. The fraction of sp³-hybridized carbons (Fsp3) is 0.375. The smallest absolute Gasteiger partial charge is 0.411 e. The van der Waals surface area contributed by atoms with Crippen molar-refractivity contribution in [3.8, 4) is 11.1 Å². The molecule has 2 atom stereocenters. The first-order chi connectivity index (χ1) is 14.6. The minimum absolute atomic E-state index is 0.0242. The molecule has 0 unspecified atom stereocenters. The van der Waals surface area contributed by atoms with Crippen LogP contribution in [-0.2, 0) is 14.3 Å². The van der Waals surface area contributed by atoms with Gasteiger partial charge in [0.15, 0.2) is 12.4 Å². The zero-order valence-electron chi connectivity index (χ0n) is 17.9. The molecule has 1 amide bonds. The summed E-state index contributed by atoms with van der Waals surface area (Å²) in [7, 11) is 0. The van der Waals surface area contributed by atoms with Gasteiger partial charge in [-0.3, -0.25) is 9.69 Å². The van der Waals surface area contributed by atoms with Crippen LogP contribution < -0.4 is 0 Å². The first-order valence-corrected chi connectivity index (χ1v) is 10.2. The molecule has 31 heavy (non-hydrogen) atoms. The second-order valence-corrected chi connectivity index (χ2v) is 8.51. The lowest BCUT2D eigenvalue weighted by Crippen LogP contribution is -2.44. The lowest BCUT2D eigenvalue weighted by molar-refractivity contribution is -0.147. The lowest BCUT2D eigenvalue weighted by atomic mass is 10.0. The van der Waals surface area contributed by atoms with Gasteiger partial charge in [-0.15, -0.1) is 0 Å². The summed E-state index contributed by atoms with van der Waals surface area (Å²) < 4.78 is 10.5. The highest BCUT2D eigenvalue weighted by atomic mass is 16.6. The van der Waals surface area contributed by atoms with Gasteiger partial charge >= 0.3 is 12.1 Å². The van der Waals surface area contributed by atoms with Crippen LogP contribution in [0.4, 0.5) is 4.79 Å². The van der Waals surface area contributed by atoms with E-state index in [1.165, 1.54) is 0 Å². The van der Waals surface area contributed by atoms with Crippen molar-refractivity contribution in [2.45, 2.75) is 44.9 Å². The Morgan fingerprint density at radius 1 is 1.00 bits per heavy atom. The van der Waals surface area contributed by atoms with Gasteiger partial charge in [0.25, 0.3) is 0 Å². The number of aliphatic hydroxyl groups is 1. The van der Waals surface area contributed by atoms with Crippen LogP contribution in [0.2, 0.25) is 0 Å². The van der Waals surface area contributed by atoms with Gasteiger partial charge in [-0.25, -0.2) is 9.59 Å². The monoisotopic (exact) mass is 425 g/mol. The summed E-state index contributed by atoms with van der Waals surface area (Å²) in [5.41, 5.74) is 1.70. The molecule has 0 bridgehead atoms. The molecule has 1 aliphatic heterocycles. The fourth-order valence-electron chi connectivity index (χ4n) is 3.35. The van der Waals surface area contributed by atoms with E-state index in [2.05, 4.69) is 0 Å². The molecule has 164 valence electrons. The maximum atomic E-state index is 12.5. The van der Waals surface area contributed by atoms with Crippen molar-refractivity contribution < 1.29 is 29.0 Å². The van der Waals surface area contributed by atoms with Gasteiger partial charge in [-0.1, -0.05) is 54.6 Å². The van der Waals surface area contributed by atoms with E-state index in [0.717, 1.165) is 16.0 Å². The van der Waals surface area contributed by atoms with Crippen LogP contribution in [0.15, 0.2) is 54.6 Å². The summed E-state index contributed by atoms with van der Waals surface area (Å²) in [6, 6.07) is 15.8. The van der Waals surface area contributed by atoms with Crippen LogP contribution in [0, 0.1) is 0 Å². The number of amides is 1. The molecule has 0 saturated carbocycles. The van der Waals surface area contributed by atoms with Crippen LogP contribution in [0.5, 0.6) is 0 Å². The highest BCUT2D eigenvalue weighted by molar-refractivity contribution is 5.98. The van der Waals surface area contributed by atoms with Crippen LogP contribution in [0.3, 0.4) is 0 Å². The Kier molecular flexibility index (Phi) is 6.75. The maximum Gasteiger partial charge on any atom is 0.411 e. The molecule has 0 radical (unpaired) electrons. The third kappa shape index (κ3) is 5.92. The summed E-state index contributed by atoms with van der Waals surface area (Å²) in [6.45, 7) is 4.67. The summed E-state index contributed by atoms with van der Waals surface area (Å²) in [4.78, 5) is 38.5. The lowest BCUT2D eigenvalue weighted by Gasteiger charge is -2.27. The van der Waals surface area contributed by atoms with E-state index in [1.807, 2.05) is 42.5 Å². The second kappa shape index (κ2) is 9.31. The van der Waals surface area contributed by atoms with Crippen molar-refractivity contribution in [2.24, 2.45) is 0 Å². The molecule has 1 N–H and O–H groups in total. The molecule has 1 saturated heterocycles. The summed E-state index contributed by atoms with van der Waals surface area (Å²) in [5, 5.41) is 9.92. The zero-order chi connectivity index (χ0) is 22.6. The first kappa shape index (κ1) is 22.5. The van der Waals surface area contributed by atoms with E-state index < -0.39 is 36.4 Å². The number of Topliss-reactive ketones (excluding diaryl/α,β-unsaturated/α-hetero) is 1. The highest BCUT2D eigenvalue weighted by Gasteiger charge is 2.42. The van der Waals surface area contributed by atoms with E-state index >= 15 is 0 Å². The predicted molar refractivity (Wildman–Crippen MR) is 115 cm³/mol. The van der Waals surface area contributed by atoms with E-state index in [9.17, 15) is 19.5 Å². The maximum absolute atomic E-state index is 12.5. The number of ketones is 1. The first-order valence-electron chi connectivity index (χ1n) is 10.2. The minimum atomic E-state index is -0.988. The van der Waals surface area contributed by atoms with Crippen LogP contribution in [0.25, 0.3) is 11.1 Å². The number of hydrogen-bond acceptors (Lipinski definition) is 6. The standard InChI is InChI=1S/C24H27NO6/c1-24(2,3)31-23(29)25-14-19(26)13-20(25)22(28)30-15-21(27)18-11-9-17(10-12-18)16-7-5-4-6-8-16/h4-12,19-20,26H,13-15H2,1-3H3/t19-,20+/m0/s1. The zero-order valence-corrected chi connectivity index (χ0v) is 17.9. The van der Waals surface area contributed by atoms with Crippen LogP contribution in [-0.4, -0.2) is 58.8 Å². The van der Waals surface area contributed by atoms with E-state index in [-0.39, 0.29) is 18.7 Å². The van der Waals surface area contributed by atoms with E-state index in [1.54, 1.807) is 32.9 Å². The number of esters is 1. The second-order valence-electron chi connectivity index (χ2n) is 8.51. The number of ether oxygens (including phenoxy) is 2. The summed E-state index contributed by atoms with van der Waals surface area (Å²) in [6.07, 6.45) is -1.52. The molecular weight excluding hydrogens is 398 g/mol. The quantitative estimate of drug-likeness (QED) is 0.583. The van der Waals surface area contributed by atoms with Crippen molar-refractivity contribution in [1.29, 1.82) is 0 Å². The molecule has 0 aromatic heterocycles. The Hall–Kier alpha value is -3.19. The Bertz CT molecular complexity index is 933. The van der Waals surface area contributed by atoms with Crippen molar-refractivity contribution in [1.82, 2.24) is 4.90 Å². The van der Waals surface area contributed by atoms with Crippen molar-refractivity contribution in [3.05, 3.63) is 60.2 Å². The molecule has 2 aromatic rings. The average molecular weight is 425 g/mol. The molecule has 7 heteroatoms. The van der Waals surface area contributed by atoms with E-state index in [0.29, 0.717) is 5.56 Å². The number of carbonyl (C=O) groups is 3. The predicted octanol–water partition coefficient (Wildman–Crippen LogP) is 3.45. The number of carbonyl (C=O) groups excluding carboxylic acids is 3. The van der Waals surface area contributed by atoms with Crippen LogP contribution >= 0.6 is 0 Å². The Morgan fingerprint density at radius 3 is 2.23 bits per heavy atom. The van der Waals surface area contributed by atoms with E-state index in [4.69, 9.17) is 9.47 Å². The highest BCUT2D eigenvalue weighted by Crippen LogP contribution is 2.23. The number of aliphatic hydroxyl groups excluding tert-OH is 1. The molecule has 3 rings (SSSR count).